The number of hydrogen-bond donors (Lipinski definition) is 2. The minimum absolute atomic E-state index is 0.121. The Morgan fingerprint density at radius 1 is 1.20 bits per heavy atom. The number of rotatable bonds is 4. The number of ether oxygens (including phenoxy) is 1. The van der Waals surface area contributed by atoms with E-state index in [-0.39, 0.29) is 5.69 Å². The zero-order valence-corrected chi connectivity index (χ0v) is 14.6. The van der Waals surface area contributed by atoms with E-state index < -0.39 is 18.0 Å². The fourth-order valence-corrected chi connectivity index (χ4v) is 2.55. The smallest absolute Gasteiger partial charge is 0.360 e. The number of para-hydroxylation sites is 1. The minimum Gasteiger partial charge on any atom is -0.448 e. The van der Waals surface area contributed by atoms with E-state index >= 15 is 0 Å². The number of aromatic nitrogens is 2. The lowest BCUT2D eigenvalue weighted by Crippen LogP contribution is -2.30. The van der Waals surface area contributed by atoms with Crippen LogP contribution >= 0.6 is 23.2 Å². The van der Waals surface area contributed by atoms with Gasteiger partial charge in [-0.3, -0.25) is 9.89 Å². The van der Waals surface area contributed by atoms with Crippen LogP contribution in [0.5, 0.6) is 0 Å². The third kappa shape index (κ3) is 3.75. The summed E-state index contributed by atoms with van der Waals surface area (Å²) in [5.74, 6) is -1.23. The van der Waals surface area contributed by atoms with Crippen LogP contribution in [0.25, 0.3) is 10.9 Å². The molecule has 0 spiro atoms. The number of halogens is 2. The summed E-state index contributed by atoms with van der Waals surface area (Å²) in [6.07, 6.45) is -1.04. The van der Waals surface area contributed by atoms with Gasteiger partial charge in [0, 0.05) is 10.4 Å². The molecule has 0 aliphatic heterocycles. The van der Waals surface area contributed by atoms with Crippen molar-refractivity contribution >= 4 is 51.7 Å². The second-order valence-electron chi connectivity index (χ2n) is 5.28. The molecule has 1 atom stereocenters. The van der Waals surface area contributed by atoms with Crippen LogP contribution in [-0.4, -0.2) is 28.2 Å². The molecule has 3 rings (SSSR count). The fourth-order valence-electron chi connectivity index (χ4n) is 2.22. The number of H-pyrrole nitrogens is 1. The molecule has 6 nitrogen and oxygen atoms in total. The Morgan fingerprint density at radius 3 is 2.76 bits per heavy atom. The molecule has 1 aromatic heterocycles. The number of anilines is 1. The minimum atomic E-state index is -1.04. The standard InChI is InChI=1S/C17H13Cl2N3O3/c1-9(16(23)20-14-8-10(18)6-7-12(14)19)25-17(24)15-11-4-2-3-5-13(11)21-22-15/h2-9H,1H3,(H,20,23)(H,21,22)/t9-/m0/s1. The van der Waals surface area contributed by atoms with E-state index in [2.05, 4.69) is 15.5 Å². The Hall–Kier alpha value is -2.57. The Kier molecular flexibility index (Phi) is 4.92. The molecule has 0 fully saturated rings. The van der Waals surface area contributed by atoms with Gasteiger partial charge in [-0.05, 0) is 31.2 Å². The number of hydrogen-bond acceptors (Lipinski definition) is 4. The zero-order chi connectivity index (χ0) is 18.0. The van der Waals surface area contributed by atoms with Crippen LogP contribution in [-0.2, 0) is 9.53 Å². The largest absolute Gasteiger partial charge is 0.448 e. The molecule has 1 amide bonds. The van der Waals surface area contributed by atoms with E-state index in [1.807, 2.05) is 6.07 Å². The van der Waals surface area contributed by atoms with Crippen LogP contribution in [0.3, 0.4) is 0 Å². The molecule has 1 heterocycles. The third-order valence-corrected chi connectivity index (χ3v) is 4.07. The first-order valence-electron chi connectivity index (χ1n) is 7.35. The fraction of sp³-hybridized carbons (Fsp3) is 0.118. The average molecular weight is 378 g/mol. The topological polar surface area (TPSA) is 84.1 Å². The Balaban J connectivity index is 1.71. The van der Waals surface area contributed by atoms with Crippen molar-refractivity contribution in [2.45, 2.75) is 13.0 Å². The number of aromatic amines is 1. The number of carbonyl (C=O) groups excluding carboxylic acids is 2. The van der Waals surface area contributed by atoms with Gasteiger partial charge in [0.05, 0.1) is 16.2 Å². The molecular formula is C17H13Cl2N3O3. The van der Waals surface area contributed by atoms with Crippen LogP contribution in [0, 0.1) is 0 Å². The van der Waals surface area contributed by atoms with Crippen molar-refractivity contribution in [2.24, 2.45) is 0 Å². The SMILES string of the molecule is C[C@H](OC(=O)c1n[nH]c2ccccc12)C(=O)Nc1cc(Cl)ccc1Cl. The highest BCUT2D eigenvalue weighted by Gasteiger charge is 2.22. The summed E-state index contributed by atoms with van der Waals surface area (Å²) in [6.45, 7) is 1.46. The maximum absolute atomic E-state index is 12.3. The molecule has 0 saturated heterocycles. The molecule has 25 heavy (non-hydrogen) atoms. The summed E-state index contributed by atoms with van der Waals surface area (Å²) >= 11 is 11.9. The second kappa shape index (κ2) is 7.13. The van der Waals surface area contributed by atoms with Gasteiger partial charge in [-0.25, -0.2) is 4.79 Å². The van der Waals surface area contributed by atoms with Gasteiger partial charge in [-0.1, -0.05) is 41.4 Å². The van der Waals surface area contributed by atoms with E-state index in [9.17, 15) is 9.59 Å². The van der Waals surface area contributed by atoms with Gasteiger partial charge in [0.25, 0.3) is 5.91 Å². The molecule has 0 aliphatic carbocycles. The number of carbonyl (C=O) groups is 2. The number of nitrogens with one attached hydrogen (secondary N) is 2. The van der Waals surface area contributed by atoms with E-state index in [1.54, 1.807) is 30.3 Å². The number of benzene rings is 2. The van der Waals surface area contributed by atoms with Crippen LogP contribution in [0.2, 0.25) is 10.0 Å². The van der Waals surface area contributed by atoms with Crippen molar-refractivity contribution in [1.82, 2.24) is 10.2 Å². The van der Waals surface area contributed by atoms with Gasteiger partial charge in [0.2, 0.25) is 0 Å². The van der Waals surface area contributed by atoms with Crippen LogP contribution in [0.1, 0.15) is 17.4 Å². The summed E-state index contributed by atoms with van der Waals surface area (Å²) in [7, 11) is 0. The van der Waals surface area contributed by atoms with E-state index in [0.717, 1.165) is 0 Å². The summed E-state index contributed by atoms with van der Waals surface area (Å²) in [5.41, 5.74) is 1.17. The van der Waals surface area contributed by atoms with E-state index in [1.165, 1.54) is 13.0 Å². The Labute approximate surface area is 153 Å². The van der Waals surface area contributed by atoms with Gasteiger partial charge in [-0.2, -0.15) is 5.10 Å². The highest BCUT2D eigenvalue weighted by Crippen LogP contribution is 2.25. The Morgan fingerprint density at radius 2 is 1.96 bits per heavy atom. The normalized spacial score (nSPS) is 12.0. The quantitative estimate of drug-likeness (QED) is 0.671. The van der Waals surface area contributed by atoms with Crippen molar-refractivity contribution in [3.05, 3.63) is 58.2 Å². The summed E-state index contributed by atoms with van der Waals surface area (Å²) < 4.78 is 5.20. The molecular weight excluding hydrogens is 365 g/mol. The molecule has 2 aromatic carbocycles. The molecule has 0 unspecified atom stereocenters. The highest BCUT2D eigenvalue weighted by atomic mass is 35.5. The Bertz CT molecular complexity index is 955. The lowest BCUT2D eigenvalue weighted by Gasteiger charge is -2.14. The summed E-state index contributed by atoms with van der Waals surface area (Å²) in [5, 5.41) is 10.6. The van der Waals surface area contributed by atoms with Gasteiger partial charge in [-0.15, -0.1) is 0 Å². The van der Waals surface area contributed by atoms with Gasteiger partial charge < -0.3 is 10.1 Å². The van der Waals surface area contributed by atoms with Crippen molar-refractivity contribution < 1.29 is 14.3 Å². The maximum atomic E-state index is 12.3. The zero-order valence-electron chi connectivity index (χ0n) is 13.0. The third-order valence-electron chi connectivity index (χ3n) is 3.50. The molecule has 0 radical (unpaired) electrons. The molecule has 128 valence electrons. The van der Waals surface area contributed by atoms with Crippen LogP contribution in [0.4, 0.5) is 5.69 Å². The van der Waals surface area contributed by atoms with Gasteiger partial charge >= 0.3 is 5.97 Å². The van der Waals surface area contributed by atoms with E-state index in [0.29, 0.717) is 26.6 Å². The highest BCUT2D eigenvalue weighted by molar-refractivity contribution is 6.35. The van der Waals surface area contributed by atoms with Crippen molar-refractivity contribution in [3.8, 4) is 0 Å². The van der Waals surface area contributed by atoms with Gasteiger partial charge in [0.15, 0.2) is 11.8 Å². The first-order chi connectivity index (χ1) is 12.0. The second-order valence-corrected chi connectivity index (χ2v) is 6.12. The lowest BCUT2D eigenvalue weighted by atomic mass is 10.2. The molecule has 8 heteroatoms. The summed E-state index contributed by atoms with van der Waals surface area (Å²) in [4.78, 5) is 24.5. The molecule has 3 aromatic rings. The predicted octanol–water partition coefficient (Wildman–Crippen LogP) is 4.05. The summed E-state index contributed by atoms with van der Waals surface area (Å²) in [6, 6.07) is 11.8. The lowest BCUT2D eigenvalue weighted by molar-refractivity contribution is -0.123. The monoisotopic (exact) mass is 377 g/mol. The number of nitrogens with zero attached hydrogens (tertiary/aromatic N) is 1. The first kappa shape index (κ1) is 17.3. The maximum Gasteiger partial charge on any atom is 0.360 e. The van der Waals surface area contributed by atoms with Crippen molar-refractivity contribution in [1.29, 1.82) is 0 Å². The molecule has 0 bridgehead atoms. The first-order valence-corrected chi connectivity index (χ1v) is 8.11. The average Bonchev–Trinajstić information content (AvgIpc) is 3.02. The van der Waals surface area contributed by atoms with Crippen molar-refractivity contribution in [2.75, 3.05) is 5.32 Å². The molecule has 0 aliphatic rings. The van der Waals surface area contributed by atoms with E-state index in [4.69, 9.17) is 27.9 Å². The number of fused-ring (bicyclic) bond motifs is 1. The number of amides is 1. The van der Waals surface area contributed by atoms with Crippen molar-refractivity contribution in [3.63, 3.8) is 0 Å². The van der Waals surface area contributed by atoms with Gasteiger partial charge in [0.1, 0.15) is 0 Å². The van der Waals surface area contributed by atoms with Crippen LogP contribution in [0.15, 0.2) is 42.5 Å². The number of esters is 1. The molecule has 2 N–H and O–H groups in total. The van der Waals surface area contributed by atoms with Crippen LogP contribution < -0.4 is 5.32 Å². The predicted molar refractivity (Wildman–Crippen MR) is 96.1 cm³/mol. The molecule has 0 saturated carbocycles.